The second kappa shape index (κ2) is 9.50. The van der Waals surface area contributed by atoms with Gasteiger partial charge in [-0.05, 0) is 35.2 Å². The average molecular weight is 508 g/mol. The Morgan fingerprint density at radius 3 is 2.33 bits per heavy atom. The van der Waals surface area contributed by atoms with Crippen LogP contribution >= 0.6 is 15.9 Å². The monoisotopic (exact) mass is 507 g/mol. The number of ether oxygens (including phenoxy) is 3. The largest absolute Gasteiger partial charge is 0.493 e. The van der Waals surface area contributed by atoms with E-state index < -0.39 is 5.97 Å². The Hall–Kier alpha value is -3.58. The standard InChI is InChI=1S/C26H22BrNO5/c1-31-21-11-7-10-17(24(21)32-2)15-28-23(26(30)33-3)22(16-8-5-4-6-9-16)20-14-18(27)12-13-19(20)25(28)29/h4-14H,15H2,1-3H3. The Bertz CT molecular complexity index is 1400. The van der Waals surface area contributed by atoms with E-state index in [0.717, 1.165) is 10.0 Å². The molecule has 33 heavy (non-hydrogen) atoms. The van der Waals surface area contributed by atoms with Crippen LogP contribution in [0.4, 0.5) is 0 Å². The van der Waals surface area contributed by atoms with Crippen LogP contribution in [0.2, 0.25) is 0 Å². The summed E-state index contributed by atoms with van der Waals surface area (Å²) in [6.45, 7) is 0.0927. The minimum absolute atomic E-state index is 0.0927. The van der Waals surface area contributed by atoms with Crippen LogP contribution < -0.4 is 15.0 Å². The zero-order valence-corrected chi connectivity index (χ0v) is 20.0. The van der Waals surface area contributed by atoms with Crippen LogP contribution in [0, 0.1) is 0 Å². The number of esters is 1. The molecule has 0 atom stereocenters. The van der Waals surface area contributed by atoms with E-state index in [1.807, 2.05) is 54.6 Å². The van der Waals surface area contributed by atoms with Crippen molar-refractivity contribution >= 4 is 32.7 Å². The minimum Gasteiger partial charge on any atom is -0.493 e. The van der Waals surface area contributed by atoms with Crippen LogP contribution in [-0.4, -0.2) is 31.9 Å². The first-order valence-electron chi connectivity index (χ1n) is 10.2. The Balaban J connectivity index is 2.11. The molecule has 0 aliphatic carbocycles. The molecule has 6 nitrogen and oxygen atoms in total. The number of hydrogen-bond acceptors (Lipinski definition) is 5. The Kier molecular flexibility index (Phi) is 6.51. The molecule has 1 heterocycles. The molecule has 0 fully saturated rings. The number of methoxy groups -OCH3 is 3. The van der Waals surface area contributed by atoms with Gasteiger partial charge in [0.15, 0.2) is 11.5 Å². The fraction of sp³-hybridized carbons (Fsp3) is 0.154. The van der Waals surface area contributed by atoms with Crippen molar-refractivity contribution in [2.75, 3.05) is 21.3 Å². The third-order valence-corrected chi connectivity index (χ3v) is 5.98. The van der Waals surface area contributed by atoms with Gasteiger partial charge in [0, 0.05) is 21.0 Å². The number of benzene rings is 3. The third kappa shape index (κ3) is 4.12. The van der Waals surface area contributed by atoms with Gasteiger partial charge < -0.3 is 14.2 Å². The molecule has 168 valence electrons. The number of para-hydroxylation sites is 1. The van der Waals surface area contributed by atoms with Crippen LogP contribution in [0.1, 0.15) is 16.1 Å². The lowest BCUT2D eigenvalue weighted by Gasteiger charge is -2.20. The molecule has 0 aliphatic heterocycles. The van der Waals surface area contributed by atoms with Crippen molar-refractivity contribution in [2.24, 2.45) is 0 Å². The maximum atomic E-state index is 13.7. The summed E-state index contributed by atoms with van der Waals surface area (Å²) >= 11 is 3.49. The summed E-state index contributed by atoms with van der Waals surface area (Å²) in [5.74, 6) is 0.435. The number of nitrogens with zero attached hydrogens (tertiary/aromatic N) is 1. The van der Waals surface area contributed by atoms with Crippen LogP contribution in [0.5, 0.6) is 11.5 Å². The number of pyridine rings is 1. The Labute approximate surface area is 199 Å². The van der Waals surface area contributed by atoms with Gasteiger partial charge in [-0.2, -0.15) is 0 Å². The number of fused-ring (bicyclic) bond motifs is 1. The number of halogens is 1. The lowest BCUT2D eigenvalue weighted by Crippen LogP contribution is -2.28. The molecule has 0 N–H and O–H groups in total. The topological polar surface area (TPSA) is 66.8 Å². The Morgan fingerprint density at radius 2 is 1.67 bits per heavy atom. The van der Waals surface area contributed by atoms with E-state index in [4.69, 9.17) is 14.2 Å². The predicted octanol–water partition coefficient (Wildman–Crippen LogP) is 5.28. The smallest absolute Gasteiger partial charge is 0.355 e. The molecule has 4 aromatic rings. The van der Waals surface area contributed by atoms with Crippen molar-refractivity contribution in [3.63, 3.8) is 0 Å². The van der Waals surface area contributed by atoms with E-state index in [-0.39, 0.29) is 17.8 Å². The number of aromatic nitrogens is 1. The van der Waals surface area contributed by atoms with Crippen LogP contribution in [0.25, 0.3) is 21.9 Å². The van der Waals surface area contributed by atoms with E-state index in [9.17, 15) is 9.59 Å². The second-order valence-electron chi connectivity index (χ2n) is 7.32. The first kappa shape index (κ1) is 22.6. The average Bonchev–Trinajstić information content (AvgIpc) is 2.85. The first-order valence-corrected chi connectivity index (χ1v) is 11.0. The van der Waals surface area contributed by atoms with Crippen LogP contribution in [0.3, 0.4) is 0 Å². The summed E-state index contributed by atoms with van der Waals surface area (Å²) in [5, 5.41) is 1.15. The summed E-state index contributed by atoms with van der Waals surface area (Å²) in [4.78, 5) is 26.8. The van der Waals surface area contributed by atoms with Gasteiger partial charge in [0.25, 0.3) is 5.56 Å². The zero-order valence-electron chi connectivity index (χ0n) is 18.4. The maximum Gasteiger partial charge on any atom is 0.355 e. The lowest BCUT2D eigenvalue weighted by molar-refractivity contribution is 0.0588. The zero-order chi connectivity index (χ0) is 23.5. The number of rotatable bonds is 6. The summed E-state index contributed by atoms with van der Waals surface area (Å²) in [6.07, 6.45) is 0. The van der Waals surface area contributed by atoms with Crippen molar-refractivity contribution in [1.82, 2.24) is 4.57 Å². The third-order valence-electron chi connectivity index (χ3n) is 5.49. The second-order valence-corrected chi connectivity index (χ2v) is 8.23. The van der Waals surface area contributed by atoms with Gasteiger partial charge in [0.2, 0.25) is 0 Å². The van der Waals surface area contributed by atoms with Gasteiger partial charge in [0.05, 0.1) is 27.9 Å². The van der Waals surface area contributed by atoms with Gasteiger partial charge in [0.1, 0.15) is 5.69 Å². The van der Waals surface area contributed by atoms with Crippen molar-refractivity contribution in [1.29, 1.82) is 0 Å². The highest BCUT2D eigenvalue weighted by molar-refractivity contribution is 9.10. The van der Waals surface area contributed by atoms with Crippen molar-refractivity contribution in [3.05, 3.63) is 92.8 Å². The van der Waals surface area contributed by atoms with E-state index >= 15 is 0 Å². The van der Waals surface area contributed by atoms with Crippen LogP contribution in [-0.2, 0) is 11.3 Å². The normalized spacial score (nSPS) is 10.8. The van der Waals surface area contributed by atoms with Gasteiger partial charge in [-0.1, -0.05) is 58.4 Å². The van der Waals surface area contributed by atoms with Gasteiger partial charge in [-0.15, -0.1) is 0 Å². The summed E-state index contributed by atoms with van der Waals surface area (Å²) in [6, 6.07) is 20.3. The number of carbonyl (C=O) groups is 1. The van der Waals surface area contributed by atoms with E-state index in [0.29, 0.717) is 33.4 Å². The molecule has 0 saturated heterocycles. The van der Waals surface area contributed by atoms with E-state index in [2.05, 4.69) is 15.9 Å². The van der Waals surface area contributed by atoms with Crippen LogP contribution in [0.15, 0.2) is 76.0 Å². The first-order chi connectivity index (χ1) is 16.0. The molecule has 0 unspecified atom stereocenters. The molecule has 0 radical (unpaired) electrons. The number of hydrogen-bond donors (Lipinski definition) is 0. The SMILES string of the molecule is COC(=O)c1c(-c2ccccc2)c2cc(Br)ccc2c(=O)n1Cc1cccc(OC)c1OC. The molecular formula is C26H22BrNO5. The summed E-state index contributed by atoms with van der Waals surface area (Å²) < 4.78 is 18.4. The molecule has 0 aliphatic rings. The fourth-order valence-electron chi connectivity index (χ4n) is 4.02. The molecule has 7 heteroatoms. The molecular weight excluding hydrogens is 486 g/mol. The predicted molar refractivity (Wildman–Crippen MR) is 131 cm³/mol. The van der Waals surface area contributed by atoms with Gasteiger partial charge in [-0.3, -0.25) is 9.36 Å². The highest BCUT2D eigenvalue weighted by Crippen LogP contribution is 2.35. The maximum absolute atomic E-state index is 13.7. The van der Waals surface area contributed by atoms with Gasteiger partial charge >= 0.3 is 5.97 Å². The molecule has 1 aromatic heterocycles. The van der Waals surface area contributed by atoms with Gasteiger partial charge in [-0.25, -0.2) is 4.79 Å². The molecule has 0 spiro atoms. The quantitative estimate of drug-likeness (QED) is 0.332. The highest BCUT2D eigenvalue weighted by atomic mass is 79.9. The molecule has 0 saturated carbocycles. The number of carbonyl (C=O) groups excluding carboxylic acids is 1. The lowest BCUT2D eigenvalue weighted by atomic mass is 9.96. The summed E-state index contributed by atoms with van der Waals surface area (Å²) in [5.41, 5.74) is 1.98. The van der Waals surface area contributed by atoms with Crippen molar-refractivity contribution in [2.45, 2.75) is 6.54 Å². The minimum atomic E-state index is -0.602. The van der Waals surface area contributed by atoms with E-state index in [1.165, 1.54) is 11.7 Å². The molecule has 0 bridgehead atoms. The summed E-state index contributed by atoms with van der Waals surface area (Å²) in [7, 11) is 4.40. The fourth-order valence-corrected chi connectivity index (χ4v) is 4.39. The molecule has 4 rings (SSSR count). The van der Waals surface area contributed by atoms with Crippen molar-refractivity contribution < 1.29 is 19.0 Å². The molecule has 3 aromatic carbocycles. The molecule has 0 amide bonds. The van der Waals surface area contributed by atoms with E-state index in [1.54, 1.807) is 26.4 Å². The van der Waals surface area contributed by atoms with Crippen molar-refractivity contribution in [3.8, 4) is 22.6 Å². The Morgan fingerprint density at radius 1 is 0.909 bits per heavy atom. The highest BCUT2D eigenvalue weighted by Gasteiger charge is 2.25.